The molecule has 204 valence electrons. The standard InChI is InChI=1S/C31H35N3O5/c1-3-4-5-17-38-25-10-7-22(8-11-25)28-27(29(35)23-9-12-26-24(19-23)18-21(2)39-26)30(36)31(37)34(28)15-6-14-33-16-13-32-20-33/h7-13,16,19-21,28,35H,3-6,14-15,17-18H2,1-2H3/b29-27+. The second kappa shape index (κ2) is 11.8. The van der Waals surface area contributed by atoms with Crippen LogP contribution in [0.4, 0.5) is 0 Å². The van der Waals surface area contributed by atoms with Gasteiger partial charge in [0.2, 0.25) is 0 Å². The lowest BCUT2D eigenvalue weighted by molar-refractivity contribution is -0.139. The summed E-state index contributed by atoms with van der Waals surface area (Å²) in [6.45, 7) is 5.79. The van der Waals surface area contributed by atoms with Crippen LogP contribution < -0.4 is 9.47 Å². The largest absolute Gasteiger partial charge is 0.507 e. The number of aliphatic hydroxyl groups excluding tert-OH is 1. The van der Waals surface area contributed by atoms with E-state index in [4.69, 9.17) is 9.47 Å². The van der Waals surface area contributed by atoms with Gasteiger partial charge in [-0.1, -0.05) is 31.9 Å². The molecule has 1 N–H and O–H groups in total. The molecule has 0 aliphatic carbocycles. The summed E-state index contributed by atoms with van der Waals surface area (Å²) in [4.78, 5) is 32.3. The number of benzene rings is 2. The average Bonchev–Trinajstić information content (AvgIpc) is 3.65. The van der Waals surface area contributed by atoms with Crippen LogP contribution in [0.1, 0.15) is 62.3 Å². The number of unbranched alkanes of at least 4 members (excludes halogenated alkanes) is 2. The number of aryl methyl sites for hydroxylation is 1. The minimum Gasteiger partial charge on any atom is -0.507 e. The smallest absolute Gasteiger partial charge is 0.295 e. The molecular weight excluding hydrogens is 494 g/mol. The van der Waals surface area contributed by atoms with Crippen molar-refractivity contribution in [3.05, 3.63) is 83.4 Å². The lowest BCUT2D eigenvalue weighted by Gasteiger charge is -2.25. The van der Waals surface area contributed by atoms with Crippen LogP contribution in [0.5, 0.6) is 11.5 Å². The molecule has 1 aromatic heterocycles. The Kier molecular flexibility index (Phi) is 8.00. The highest BCUT2D eigenvalue weighted by Crippen LogP contribution is 2.41. The number of hydrogen-bond donors (Lipinski definition) is 1. The van der Waals surface area contributed by atoms with Gasteiger partial charge in [0.05, 0.1) is 24.5 Å². The zero-order chi connectivity index (χ0) is 27.4. The van der Waals surface area contributed by atoms with Crippen molar-refractivity contribution in [3.8, 4) is 11.5 Å². The first-order chi connectivity index (χ1) is 19.0. The van der Waals surface area contributed by atoms with Crippen molar-refractivity contribution in [2.24, 2.45) is 0 Å². The van der Waals surface area contributed by atoms with E-state index in [9.17, 15) is 14.7 Å². The molecule has 2 aromatic carbocycles. The van der Waals surface area contributed by atoms with E-state index in [-0.39, 0.29) is 17.4 Å². The highest BCUT2D eigenvalue weighted by molar-refractivity contribution is 6.46. The Morgan fingerprint density at radius 2 is 1.92 bits per heavy atom. The van der Waals surface area contributed by atoms with Crippen LogP contribution >= 0.6 is 0 Å². The predicted molar refractivity (Wildman–Crippen MR) is 148 cm³/mol. The summed E-state index contributed by atoms with van der Waals surface area (Å²) in [5.41, 5.74) is 2.33. The van der Waals surface area contributed by atoms with Crippen molar-refractivity contribution in [1.82, 2.24) is 14.5 Å². The molecule has 1 saturated heterocycles. The quantitative estimate of drug-likeness (QED) is 0.157. The molecule has 0 radical (unpaired) electrons. The van der Waals surface area contributed by atoms with Crippen LogP contribution in [0.2, 0.25) is 0 Å². The molecule has 2 unspecified atom stereocenters. The van der Waals surface area contributed by atoms with E-state index in [2.05, 4.69) is 11.9 Å². The van der Waals surface area contributed by atoms with Crippen molar-refractivity contribution in [2.45, 2.75) is 64.6 Å². The third-order valence-electron chi connectivity index (χ3n) is 7.30. The number of carbonyl (C=O) groups excluding carboxylic acids is 2. The second-order valence-electron chi connectivity index (χ2n) is 10.2. The monoisotopic (exact) mass is 529 g/mol. The van der Waals surface area contributed by atoms with E-state index >= 15 is 0 Å². The van der Waals surface area contributed by atoms with Crippen molar-refractivity contribution >= 4 is 17.4 Å². The molecule has 2 aliphatic heterocycles. The van der Waals surface area contributed by atoms with Gasteiger partial charge in [0, 0.05) is 37.5 Å². The summed E-state index contributed by atoms with van der Waals surface area (Å²) in [6.07, 6.45) is 9.93. The number of rotatable bonds is 11. The number of hydrogen-bond acceptors (Lipinski definition) is 6. The molecule has 1 fully saturated rings. The van der Waals surface area contributed by atoms with Gasteiger partial charge in [0.1, 0.15) is 23.4 Å². The molecule has 2 atom stereocenters. The fourth-order valence-electron chi connectivity index (χ4n) is 5.31. The van der Waals surface area contributed by atoms with E-state index in [1.165, 1.54) is 0 Å². The van der Waals surface area contributed by atoms with Gasteiger partial charge < -0.3 is 24.0 Å². The number of ketones is 1. The van der Waals surface area contributed by atoms with Gasteiger partial charge in [-0.05, 0) is 61.2 Å². The van der Waals surface area contributed by atoms with Gasteiger partial charge in [0.25, 0.3) is 11.7 Å². The van der Waals surface area contributed by atoms with Gasteiger partial charge in [-0.2, -0.15) is 0 Å². The van der Waals surface area contributed by atoms with Crippen LogP contribution in [-0.4, -0.2) is 50.5 Å². The first-order valence-corrected chi connectivity index (χ1v) is 13.7. The van der Waals surface area contributed by atoms with E-state index < -0.39 is 17.7 Å². The van der Waals surface area contributed by atoms with Crippen molar-refractivity contribution in [1.29, 1.82) is 0 Å². The van der Waals surface area contributed by atoms with Gasteiger partial charge in [-0.3, -0.25) is 9.59 Å². The Hall–Kier alpha value is -4.07. The number of nitrogens with zero attached hydrogens (tertiary/aromatic N) is 3. The van der Waals surface area contributed by atoms with Gasteiger partial charge in [-0.15, -0.1) is 0 Å². The van der Waals surface area contributed by atoms with Crippen LogP contribution in [0.15, 0.2) is 66.8 Å². The normalized spacial score (nSPS) is 19.8. The Bertz CT molecular complexity index is 1350. The van der Waals surface area contributed by atoms with Crippen molar-refractivity contribution < 1.29 is 24.2 Å². The molecule has 8 nitrogen and oxygen atoms in total. The molecule has 5 rings (SSSR count). The highest BCUT2D eigenvalue weighted by Gasteiger charge is 2.45. The lowest BCUT2D eigenvalue weighted by atomic mass is 9.94. The molecular formula is C31H35N3O5. The Balaban J connectivity index is 1.46. The van der Waals surface area contributed by atoms with Gasteiger partial charge in [0.15, 0.2) is 0 Å². The van der Waals surface area contributed by atoms with Crippen molar-refractivity contribution in [3.63, 3.8) is 0 Å². The molecule has 3 heterocycles. The molecule has 3 aromatic rings. The number of Topliss-reactive ketones (excluding diaryl/α,β-unsaturated/α-hetero) is 1. The minimum absolute atomic E-state index is 0.0566. The lowest BCUT2D eigenvalue weighted by Crippen LogP contribution is -2.31. The van der Waals surface area contributed by atoms with Crippen molar-refractivity contribution in [2.75, 3.05) is 13.2 Å². The summed E-state index contributed by atoms with van der Waals surface area (Å²) in [5.74, 6) is 0.0674. The fourth-order valence-corrected chi connectivity index (χ4v) is 5.31. The molecule has 0 bridgehead atoms. The number of ether oxygens (including phenoxy) is 2. The van der Waals surface area contributed by atoms with Crippen LogP contribution in [0.25, 0.3) is 5.76 Å². The summed E-state index contributed by atoms with van der Waals surface area (Å²) >= 11 is 0. The molecule has 39 heavy (non-hydrogen) atoms. The third kappa shape index (κ3) is 5.70. The molecule has 8 heteroatoms. The van der Waals surface area contributed by atoms with Gasteiger partial charge in [-0.25, -0.2) is 4.98 Å². The van der Waals surface area contributed by atoms with E-state index in [0.29, 0.717) is 31.7 Å². The topological polar surface area (TPSA) is 93.9 Å². The Morgan fingerprint density at radius 1 is 1.10 bits per heavy atom. The Labute approximate surface area is 228 Å². The summed E-state index contributed by atoms with van der Waals surface area (Å²) in [7, 11) is 0. The number of amides is 1. The summed E-state index contributed by atoms with van der Waals surface area (Å²) < 4.78 is 13.6. The summed E-state index contributed by atoms with van der Waals surface area (Å²) in [6, 6.07) is 12.2. The van der Waals surface area contributed by atoms with Gasteiger partial charge >= 0.3 is 0 Å². The summed E-state index contributed by atoms with van der Waals surface area (Å²) in [5, 5.41) is 11.5. The maximum absolute atomic E-state index is 13.4. The first-order valence-electron chi connectivity index (χ1n) is 13.7. The van der Waals surface area contributed by atoms with E-state index in [1.54, 1.807) is 23.5 Å². The number of aliphatic hydroxyl groups is 1. The van der Waals surface area contributed by atoms with Crippen LogP contribution in [0.3, 0.4) is 0 Å². The molecule has 0 saturated carbocycles. The average molecular weight is 530 g/mol. The predicted octanol–water partition coefficient (Wildman–Crippen LogP) is 5.29. The highest BCUT2D eigenvalue weighted by atomic mass is 16.5. The van der Waals surface area contributed by atoms with E-state index in [1.807, 2.05) is 54.1 Å². The van der Waals surface area contributed by atoms with Crippen LogP contribution in [0, 0.1) is 0 Å². The number of fused-ring (bicyclic) bond motifs is 1. The molecule has 0 spiro atoms. The molecule has 1 amide bonds. The number of aromatic nitrogens is 2. The SMILES string of the molecule is CCCCCOc1ccc(C2/C(=C(\O)c3ccc4c(c3)CC(C)O4)C(=O)C(=O)N2CCCn2ccnc2)cc1. The fraction of sp³-hybridized carbons (Fsp3) is 0.387. The maximum Gasteiger partial charge on any atom is 0.295 e. The minimum atomic E-state index is -0.703. The van der Waals surface area contributed by atoms with Crippen LogP contribution in [-0.2, 0) is 22.6 Å². The third-order valence-corrected chi connectivity index (χ3v) is 7.30. The van der Waals surface area contributed by atoms with E-state index in [0.717, 1.165) is 48.3 Å². The number of imidazole rings is 1. The number of carbonyl (C=O) groups is 2. The zero-order valence-corrected chi connectivity index (χ0v) is 22.5. The first kappa shape index (κ1) is 26.5. The Morgan fingerprint density at radius 3 is 2.67 bits per heavy atom. The zero-order valence-electron chi connectivity index (χ0n) is 22.5. The maximum atomic E-state index is 13.4. The number of likely N-dealkylation sites (tertiary alicyclic amines) is 1. The second-order valence-corrected chi connectivity index (χ2v) is 10.2. The molecule has 2 aliphatic rings.